The molecule has 1 rings (SSSR count). The van der Waals surface area contributed by atoms with Crippen LogP contribution in [0.5, 0.6) is 0 Å². The van der Waals surface area contributed by atoms with Crippen molar-refractivity contribution in [2.75, 3.05) is 33.3 Å². The summed E-state index contributed by atoms with van der Waals surface area (Å²) < 4.78 is 0. The van der Waals surface area contributed by atoms with E-state index in [2.05, 4.69) is 17.3 Å². The fraction of sp³-hybridized carbons (Fsp3) is 1.00. The van der Waals surface area contributed by atoms with E-state index in [1.54, 1.807) is 0 Å². The van der Waals surface area contributed by atoms with E-state index in [1.807, 2.05) is 0 Å². The van der Waals surface area contributed by atoms with Gasteiger partial charge in [-0.25, -0.2) is 0 Å². The lowest BCUT2D eigenvalue weighted by Crippen LogP contribution is -2.34. The first-order valence-electron chi connectivity index (χ1n) is 4.36. The molecule has 1 aliphatic rings. The summed E-state index contributed by atoms with van der Waals surface area (Å²) in [6.07, 6.45) is 2.15. The van der Waals surface area contributed by atoms with Gasteiger partial charge in [0.05, 0.1) is 0 Å². The first-order chi connectivity index (χ1) is 5.34. The van der Waals surface area contributed by atoms with Crippen molar-refractivity contribution in [1.29, 1.82) is 0 Å². The highest BCUT2D eigenvalue weighted by Crippen LogP contribution is 2.05. The van der Waals surface area contributed by atoms with Crippen molar-refractivity contribution in [3.63, 3.8) is 0 Å². The average Bonchev–Trinajstić information content (AvgIpc) is 2.52. The molecule has 0 spiro atoms. The van der Waals surface area contributed by atoms with Crippen LogP contribution in [-0.2, 0) is 0 Å². The Morgan fingerprint density at radius 1 is 1.64 bits per heavy atom. The van der Waals surface area contributed by atoms with Gasteiger partial charge in [-0.15, -0.1) is 0 Å². The Bertz CT molecular complexity index is 102. The minimum Gasteiger partial charge on any atom is -0.396 e. The van der Waals surface area contributed by atoms with E-state index in [9.17, 15) is 0 Å². The van der Waals surface area contributed by atoms with Gasteiger partial charge in [0.2, 0.25) is 0 Å². The highest BCUT2D eigenvalue weighted by Gasteiger charge is 2.17. The molecule has 1 saturated heterocycles. The van der Waals surface area contributed by atoms with Crippen molar-refractivity contribution in [3.05, 3.63) is 0 Å². The average molecular weight is 158 g/mol. The number of hydrogen-bond acceptors (Lipinski definition) is 3. The van der Waals surface area contributed by atoms with Crippen molar-refractivity contribution in [3.8, 4) is 0 Å². The molecule has 0 radical (unpaired) electrons. The predicted octanol–water partition coefficient (Wildman–Crippen LogP) is -0.338. The lowest BCUT2D eigenvalue weighted by atomic mass is 10.2. The van der Waals surface area contributed by atoms with Gasteiger partial charge in [0.15, 0.2) is 0 Å². The van der Waals surface area contributed by atoms with Crippen LogP contribution in [-0.4, -0.2) is 49.3 Å². The smallest absolute Gasteiger partial charge is 0.0443 e. The molecule has 2 N–H and O–H groups in total. The highest BCUT2D eigenvalue weighted by atomic mass is 16.3. The number of aliphatic hydroxyl groups is 1. The Kier molecular flexibility index (Phi) is 3.83. The predicted molar refractivity (Wildman–Crippen MR) is 45.6 cm³/mol. The minimum atomic E-state index is 0.310. The van der Waals surface area contributed by atoms with Crippen molar-refractivity contribution < 1.29 is 5.11 Å². The molecule has 3 heteroatoms. The normalized spacial score (nSPS) is 24.8. The molecule has 1 fully saturated rings. The zero-order valence-electron chi connectivity index (χ0n) is 7.21. The molecule has 0 unspecified atom stereocenters. The first kappa shape index (κ1) is 8.97. The van der Waals surface area contributed by atoms with Crippen LogP contribution in [0.15, 0.2) is 0 Å². The van der Waals surface area contributed by atoms with Gasteiger partial charge in [-0.05, 0) is 26.4 Å². The van der Waals surface area contributed by atoms with Gasteiger partial charge in [-0.3, -0.25) is 0 Å². The zero-order valence-corrected chi connectivity index (χ0v) is 7.21. The van der Waals surface area contributed by atoms with Crippen LogP contribution in [0.3, 0.4) is 0 Å². The maximum Gasteiger partial charge on any atom is 0.0443 e. The van der Waals surface area contributed by atoms with E-state index in [0.717, 1.165) is 26.1 Å². The summed E-state index contributed by atoms with van der Waals surface area (Å²) in [6, 6.07) is 0.696. The van der Waals surface area contributed by atoms with Crippen LogP contribution in [0.2, 0.25) is 0 Å². The van der Waals surface area contributed by atoms with E-state index >= 15 is 0 Å². The molecule has 1 atom stereocenters. The Labute approximate surface area is 68.4 Å². The Morgan fingerprint density at radius 2 is 2.45 bits per heavy atom. The first-order valence-corrected chi connectivity index (χ1v) is 4.36. The maximum atomic E-state index is 8.62. The van der Waals surface area contributed by atoms with Gasteiger partial charge in [-0.1, -0.05) is 0 Å². The number of rotatable bonds is 4. The monoisotopic (exact) mass is 158 g/mol. The quantitative estimate of drug-likeness (QED) is 0.587. The van der Waals surface area contributed by atoms with Gasteiger partial charge in [-0.2, -0.15) is 0 Å². The standard InChI is InChI=1S/C8H18N2O/c1-10(5-2-6-11)8-3-4-9-7-8/h8-9,11H,2-7H2,1H3/t8-/m0/s1. The van der Waals surface area contributed by atoms with Crippen LogP contribution in [0.1, 0.15) is 12.8 Å². The molecule has 11 heavy (non-hydrogen) atoms. The molecular formula is C8H18N2O. The second-order valence-electron chi connectivity index (χ2n) is 3.20. The number of aliphatic hydroxyl groups excluding tert-OH is 1. The molecule has 66 valence electrons. The topological polar surface area (TPSA) is 35.5 Å². The molecule has 0 saturated carbocycles. The van der Waals surface area contributed by atoms with Gasteiger partial charge in [0.25, 0.3) is 0 Å². The summed E-state index contributed by atoms with van der Waals surface area (Å²) in [7, 11) is 2.13. The SMILES string of the molecule is CN(CCCO)[C@H]1CCNC1. The minimum absolute atomic E-state index is 0.310. The second-order valence-corrected chi connectivity index (χ2v) is 3.20. The van der Waals surface area contributed by atoms with Crippen LogP contribution in [0.4, 0.5) is 0 Å². The van der Waals surface area contributed by atoms with E-state index in [1.165, 1.54) is 6.42 Å². The van der Waals surface area contributed by atoms with E-state index in [4.69, 9.17) is 5.11 Å². The third kappa shape index (κ3) is 2.77. The Hall–Kier alpha value is -0.120. The van der Waals surface area contributed by atoms with Crippen LogP contribution in [0.25, 0.3) is 0 Å². The molecule has 0 amide bonds. The summed E-state index contributed by atoms with van der Waals surface area (Å²) >= 11 is 0. The molecule has 3 nitrogen and oxygen atoms in total. The third-order valence-electron chi connectivity index (χ3n) is 2.33. The fourth-order valence-corrected chi connectivity index (χ4v) is 1.52. The largest absolute Gasteiger partial charge is 0.396 e. The maximum absolute atomic E-state index is 8.62. The van der Waals surface area contributed by atoms with Gasteiger partial charge >= 0.3 is 0 Å². The van der Waals surface area contributed by atoms with E-state index in [-0.39, 0.29) is 0 Å². The molecule has 0 aromatic rings. The third-order valence-corrected chi connectivity index (χ3v) is 2.33. The van der Waals surface area contributed by atoms with Gasteiger partial charge in [0, 0.05) is 25.7 Å². The van der Waals surface area contributed by atoms with E-state index < -0.39 is 0 Å². The summed E-state index contributed by atoms with van der Waals surface area (Å²) in [5, 5.41) is 11.9. The molecule has 1 aliphatic heterocycles. The van der Waals surface area contributed by atoms with Crippen LogP contribution >= 0.6 is 0 Å². The van der Waals surface area contributed by atoms with E-state index in [0.29, 0.717) is 12.6 Å². The Balaban J connectivity index is 2.12. The zero-order chi connectivity index (χ0) is 8.10. The Morgan fingerprint density at radius 3 is 3.00 bits per heavy atom. The van der Waals surface area contributed by atoms with Crippen molar-refractivity contribution in [2.45, 2.75) is 18.9 Å². The van der Waals surface area contributed by atoms with Crippen LogP contribution < -0.4 is 5.32 Å². The van der Waals surface area contributed by atoms with Crippen molar-refractivity contribution >= 4 is 0 Å². The molecule has 0 aromatic heterocycles. The number of hydrogen-bond donors (Lipinski definition) is 2. The van der Waals surface area contributed by atoms with Crippen molar-refractivity contribution in [2.24, 2.45) is 0 Å². The highest BCUT2D eigenvalue weighted by molar-refractivity contribution is 4.78. The molecule has 1 heterocycles. The van der Waals surface area contributed by atoms with Crippen LogP contribution in [0, 0.1) is 0 Å². The van der Waals surface area contributed by atoms with Crippen molar-refractivity contribution in [1.82, 2.24) is 10.2 Å². The molecular weight excluding hydrogens is 140 g/mol. The lowest BCUT2D eigenvalue weighted by Gasteiger charge is -2.22. The summed E-state index contributed by atoms with van der Waals surface area (Å²) in [5.74, 6) is 0. The molecule has 0 bridgehead atoms. The lowest BCUT2D eigenvalue weighted by molar-refractivity contribution is 0.215. The fourth-order valence-electron chi connectivity index (χ4n) is 1.52. The van der Waals surface area contributed by atoms with Gasteiger partial charge in [0.1, 0.15) is 0 Å². The molecule has 0 aliphatic carbocycles. The summed E-state index contributed by atoms with van der Waals surface area (Å²) in [5.41, 5.74) is 0. The molecule has 0 aromatic carbocycles. The second kappa shape index (κ2) is 4.70. The number of nitrogens with one attached hydrogen (secondary N) is 1. The number of nitrogens with zero attached hydrogens (tertiary/aromatic N) is 1. The number of likely N-dealkylation sites (N-methyl/N-ethyl adjacent to an activating group) is 1. The summed E-state index contributed by atoms with van der Waals surface area (Å²) in [6.45, 7) is 3.59. The summed E-state index contributed by atoms with van der Waals surface area (Å²) in [4.78, 5) is 2.33. The van der Waals surface area contributed by atoms with Gasteiger partial charge < -0.3 is 15.3 Å².